The first kappa shape index (κ1) is 15.4. The van der Waals surface area contributed by atoms with Crippen molar-refractivity contribution in [3.8, 4) is 5.75 Å². The van der Waals surface area contributed by atoms with Gasteiger partial charge in [0.25, 0.3) is 5.91 Å². The smallest absolute Gasteiger partial charge is 0.408 e. The number of ether oxygens (including phenoxy) is 2. The molecule has 7 heteroatoms. The first-order chi connectivity index (χ1) is 9.76. The minimum Gasteiger partial charge on any atom is -0.487 e. The van der Waals surface area contributed by atoms with Gasteiger partial charge in [0.15, 0.2) is 5.75 Å². The molecule has 0 radical (unpaired) electrons. The highest BCUT2D eigenvalue weighted by Gasteiger charge is 2.29. The molecule has 0 bridgehead atoms. The van der Waals surface area contributed by atoms with E-state index in [1.165, 1.54) is 0 Å². The normalized spacial score (nSPS) is 17.9. The van der Waals surface area contributed by atoms with Gasteiger partial charge < -0.3 is 20.1 Å². The third-order valence-electron chi connectivity index (χ3n) is 2.63. The minimum absolute atomic E-state index is 0.0260. The average molecular weight is 313 g/mol. The van der Waals surface area contributed by atoms with Crippen LogP contribution in [0.15, 0.2) is 18.2 Å². The maximum absolute atomic E-state index is 12.1. The summed E-state index contributed by atoms with van der Waals surface area (Å²) in [5, 5.41) is 5.54. The molecule has 2 rings (SSSR count). The molecule has 0 spiro atoms. The maximum atomic E-state index is 12.1. The molecule has 2 amide bonds. The molecule has 0 saturated carbocycles. The molecule has 6 nitrogen and oxygen atoms in total. The summed E-state index contributed by atoms with van der Waals surface area (Å²) in [5.74, 6) is 0.00267. The van der Waals surface area contributed by atoms with E-state index in [1.54, 1.807) is 39.0 Å². The van der Waals surface area contributed by atoms with Crippen LogP contribution in [0.3, 0.4) is 0 Å². The highest BCUT2D eigenvalue weighted by Crippen LogP contribution is 2.34. The fourth-order valence-electron chi connectivity index (χ4n) is 1.77. The second-order valence-corrected chi connectivity index (χ2v) is 6.02. The van der Waals surface area contributed by atoms with E-state index in [0.29, 0.717) is 16.5 Å². The van der Waals surface area contributed by atoms with E-state index in [2.05, 4.69) is 10.6 Å². The second kappa shape index (κ2) is 5.81. The molecule has 21 heavy (non-hydrogen) atoms. The van der Waals surface area contributed by atoms with Gasteiger partial charge in [-0.2, -0.15) is 0 Å². The SMILES string of the molecule is CC(C)(C)OC(=O)N[C@H]1COc2c(Cl)cccc2NC1=O. The summed E-state index contributed by atoms with van der Waals surface area (Å²) < 4.78 is 10.6. The first-order valence-corrected chi connectivity index (χ1v) is 6.86. The quantitative estimate of drug-likeness (QED) is 0.835. The van der Waals surface area contributed by atoms with Crippen LogP contribution in [0, 0.1) is 0 Å². The van der Waals surface area contributed by atoms with Crippen molar-refractivity contribution < 1.29 is 19.1 Å². The minimum atomic E-state index is -0.858. The number of carbonyl (C=O) groups excluding carboxylic acids is 2. The lowest BCUT2D eigenvalue weighted by Gasteiger charge is -2.22. The zero-order chi connectivity index (χ0) is 15.6. The van der Waals surface area contributed by atoms with E-state index < -0.39 is 17.7 Å². The molecule has 1 aromatic carbocycles. The summed E-state index contributed by atoms with van der Waals surface area (Å²) >= 11 is 6.01. The summed E-state index contributed by atoms with van der Waals surface area (Å²) in [6.07, 6.45) is -0.677. The largest absolute Gasteiger partial charge is 0.487 e. The number of alkyl carbamates (subject to hydrolysis) is 1. The van der Waals surface area contributed by atoms with Gasteiger partial charge in [0.05, 0.1) is 10.7 Å². The van der Waals surface area contributed by atoms with Gasteiger partial charge in [-0.25, -0.2) is 4.79 Å². The third-order valence-corrected chi connectivity index (χ3v) is 2.92. The van der Waals surface area contributed by atoms with Crippen molar-refractivity contribution in [1.29, 1.82) is 0 Å². The van der Waals surface area contributed by atoms with Crippen LogP contribution in [-0.4, -0.2) is 30.3 Å². The van der Waals surface area contributed by atoms with Crippen LogP contribution in [0.1, 0.15) is 20.8 Å². The van der Waals surface area contributed by atoms with Crippen LogP contribution in [0.4, 0.5) is 10.5 Å². The molecule has 1 heterocycles. The maximum Gasteiger partial charge on any atom is 0.408 e. The Balaban J connectivity index is 2.07. The molecule has 1 atom stereocenters. The number of para-hydroxylation sites is 1. The molecule has 2 N–H and O–H groups in total. The summed E-state index contributed by atoms with van der Waals surface area (Å²) in [7, 11) is 0. The Morgan fingerprint density at radius 1 is 1.48 bits per heavy atom. The lowest BCUT2D eigenvalue weighted by Crippen LogP contribution is -2.48. The highest BCUT2D eigenvalue weighted by atomic mass is 35.5. The van der Waals surface area contributed by atoms with Gasteiger partial charge in [-0.15, -0.1) is 0 Å². The molecule has 0 saturated heterocycles. The molecule has 0 fully saturated rings. The van der Waals surface area contributed by atoms with Crippen LogP contribution in [0.5, 0.6) is 5.75 Å². The number of halogens is 1. The van der Waals surface area contributed by atoms with Crippen molar-refractivity contribution in [3.05, 3.63) is 23.2 Å². The van der Waals surface area contributed by atoms with Gasteiger partial charge in [-0.1, -0.05) is 17.7 Å². The number of anilines is 1. The monoisotopic (exact) mass is 312 g/mol. The Labute approximate surface area is 127 Å². The number of rotatable bonds is 1. The van der Waals surface area contributed by atoms with Gasteiger partial charge in [0.2, 0.25) is 0 Å². The summed E-state index contributed by atoms with van der Waals surface area (Å²) in [6.45, 7) is 5.20. The molecule has 1 aliphatic heterocycles. The first-order valence-electron chi connectivity index (χ1n) is 6.48. The van der Waals surface area contributed by atoms with Gasteiger partial charge in [0.1, 0.15) is 18.2 Å². The third kappa shape index (κ3) is 4.01. The molecular weight excluding hydrogens is 296 g/mol. The zero-order valence-electron chi connectivity index (χ0n) is 12.0. The number of fused-ring (bicyclic) bond motifs is 1. The summed E-state index contributed by atoms with van der Waals surface area (Å²) in [6, 6.07) is 4.18. The Morgan fingerprint density at radius 2 is 2.19 bits per heavy atom. The standard InChI is InChI=1S/C14H17ClN2O4/c1-14(2,3)21-13(19)17-10-7-20-11-8(15)5-4-6-9(11)16-12(10)18/h4-6,10H,7H2,1-3H3,(H,16,18)(H,17,19)/t10-/m0/s1. The fourth-order valence-corrected chi connectivity index (χ4v) is 2.00. The van der Waals surface area contributed by atoms with Crippen LogP contribution >= 0.6 is 11.6 Å². The molecule has 0 unspecified atom stereocenters. The van der Waals surface area contributed by atoms with Crippen LogP contribution in [0.2, 0.25) is 5.02 Å². The topological polar surface area (TPSA) is 76.7 Å². The number of nitrogens with one attached hydrogen (secondary N) is 2. The zero-order valence-corrected chi connectivity index (χ0v) is 12.8. The second-order valence-electron chi connectivity index (χ2n) is 5.62. The lowest BCUT2D eigenvalue weighted by atomic mass is 10.2. The van der Waals surface area contributed by atoms with Crippen molar-refractivity contribution in [1.82, 2.24) is 5.32 Å². The number of carbonyl (C=O) groups is 2. The molecule has 0 aliphatic carbocycles. The van der Waals surface area contributed by atoms with E-state index in [-0.39, 0.29) is 12.5 Å². The number of amides is 2. The van der Waals surface area contributed by atoms with E-state index in [9.17, 15) is 9.59 Å². The number of benzene rings is 1. The van der Waals surface area contributed by atoms with Crippen molar-refractivity contribution in [2.45, 2.75) is 32.4 Å². The fraction of sp³-hybridized carbons (Fsp3) is 0.429. The molecule has 0 aromatic heterocycles. The van der Waals surface area contributed by atoms with Gasteiger partial charge in [-0.05, 0) is 32.9 Å². The Bertz CT molecular complexity index is 569. The van der Waals surface area contributed by atoms with Crippen LogP contribution in [0.25, 0.3) is 0 Å². The lowest BCUT2D eigenvalue weighted by molar-refractivity contribution is -0.118. The van der Waals surface area contributed by atoms with E-state index in [0.717, 1.165) is 0 Å². The predicted molar refractivity (Wildman–Crippen MR) is 78.7 cm³/mol. The van der Waals surface area contributed by atoms with Gasteiger partial charge >= 0.3 is 6.09 Å². The molecule has 114 valence electrons. The summed E-state index contributed by atoms with van der Waals surface area (Å²) in [4.78, 5) is 23.8. The van der Waals surface area contributed by atoms with E-state index in [1.807, 2.05) is 0 Å². The predicted octanol–water partition coefficient (Wildman–Crippen LogP) is 2.56. The highest BCUT2D eigenvalue weighted by molar-refractivity contribution is 6.32. The van der Waals surface area contributed by atoms with Crippen LogP contribution < -0.4 is 15.4 Å². The van der Waals surface area contributed by atoms with Crippen LogP contribution in [-0.2, 0) is 9.53 Å². The molecule has 1 aliphatic rings. The van der Waals surface area contributed by atoms with Crippen molar-refractivity contribution in [2.24, 2.45) is 0 Å². The van der Waals surface area contributed by atoms with Crippen molar-refractivity contribution >= 4 is 29.3 Å². The van der Waals surface area contributed by atoms with E-state index in [4.69, 9.17) is 21.1 Å². The van der Waals surface area contributed by atoms with Gasteiger partial charge in [-0.3, -0.25) is 4.79 Å². The number of hydrogen-bond acceptors (Lipinski definition) is 4. The Hall–Kier alpha value is -1.95. The summed E-state index contributed by atoms with van der Waals surface area (Å²) in [5.41, 5.74) is -0.167. The van der Waals surface area contributed by atoms with Crippen molar-refractivity contribution in [3.63, 3.8) is 0 Å². The number of hydrogen-bond donors (Lipinski definition) is 2. The average Bonchev–Trinajstić information content (AvgIpc) is 2.48. The Kier molecular flexibility index (Phi) is 4.27. The molecular formula is C14H17ClN2O4. The molecule has 1 aromatic rings. The van der Waals surface area contributed by atoms with E-state index >= 15 is 0 Å². The Morgan fingerprint density at radius 3 is 2.86 bits per heavy atom. The van der Waals surface area contributed by atoms with Gasteiger partial charge in [0, 0.05) is 0 Å². The van der Waals surface area contributed by atoms with Crippen molar-refractivity contribution in [2.75, 3.05) is 11.9 Å².